The third kappa shape index (κ3) is 3.07. The van der Waals surface area contributed by atoms with E-state index in [1.54, 1.807) is 0 Å². The van der Waals surface area contributed by atoms with Crippen LogP contribution in [0.15, 0.2) is 30.3 Å². The fourth-order valence-corrected chi connectivity index (χ4v) is 2.41. The molecule has 0 atom stereocenters. The van der Waals surface area contributed by atoms with Crippen LogP contribution in [0.4, 0.5) is 0 Å². The van der Waals surface area contributed by atoms with Gasteiger partial charge >= 0.3 is 105 Å². The summed E-state index contributed by atoms with van der Waals surface area (Å²) < 4.78 is 1.26. The van der Waals surface area contributed by atoms with Crippen molar-refractivity contribution in [1.82, 2.24) is 4.90 Å². The number of aryl methyl sites for hydroxylation is 1. The van der Waals surface area contributed by atoms with Crippen molar-refractivity contribution in [1.29, 1.82) is 0 Å². The van der Waals surface area contributed by atoms with Gasteiger partial charge in [0.25, 0.3) is 0 Å². The normalized spacial score (nSPS) is 15.9. The summed E-state index contributed by atoms with van der Waals surface area (Å²) in [7, 11) is 0. The van der Waals surface area contributed by atoms with Crippen molar-refractivity contribution in [3.63, 3.8) is 0 Å². The second kappa shape index (κ2) is 5.47. The molecule has 1 nitrogen and oxygen atoms in total. The van der Waals surface area contributed by atoms with Gasteiger partial charge in [0.2, 0.25) is 0 Å². The Labute approximate surface area is 106 Å². The van der Waals surface area contributed by atoms with Crippen LogP contribution in [0.2, 0.25) is 0 Å². The van der Waals surface area contributed by atoms with Gasteiger partial charge in [0, 0.05) is 0 Å². The molecule has 0 N–H and O–H groups in total. The molecule has 2 rings (SSSR count). The average Bonchev–Trinajstić information content (AvgIpc) is 2.81. The third-order valence-corrected chi connectivity index (χ3v) is 3.74. The zero-order valence-electron chi connectivity index (χ0n) is 9.65. The van der Waals surface area contributed by atoms with Crippen LogP contribution in [0.1, 0.15) is 24.0 Å². The van der Waals surface area contributed by atoms with Gasteiger partial charge in [-0.05, 0) is 0 Å². The van der Waals surface area contributed by atoms with E-state index in [2.05, 4.69) is 63.8 Å². The van der Waals surface area contributed by atoms with Gasteiger partial charge in [-0.1, -0.05) is 0 Å². The van der Waals surface area contributed by atoms with E-state index in [9.17, 15) is 0 Å². The van der Waals surface area contributed by atoms with Gasteiger partial charge in [-0.3, -0.25) is 0 Å². The van der Waals surface area contributed by atoms with Crippen LogP contribution < -0.4 is 0 Å². The monoisotopic (exact) mass is 279 g/mol. The Morgan fingerprint density at radius 2 is 1.81 bits per heavy atom. The van der Waals surface area contributed by atoms with Crippen LogP contribution in [0.3, 0.4) is 0 Å². The summed E-state index contributed by atoms with van der Waals surface area (Å²) in [6, 6.07) is 8.61. The first kappa shape index (κ1) is 11.6. The molecule has 0 saturated carbocycles. The molecular weight excluding hydrogens is 261 g/mol. The van der Waals surface area contributed by atoms with Crippen molar-refractivity contribution in [2.24, 2.45) is 0 Å². The molecule has 1 fully saturated rings. The summed E-state index contributed by atoms with van der Waals surface area (Å²) >= 11 is 3.16. The molecule has 1 aromatic carbocycles. The minimum absolute atomic E-state index is 1.20. The Bertz CT molecular complexity index is 386. The number of rotatable bonds is 3. The molecule has 0 radical (unpaired) electrons. The Hall–Kier alpha value is -0.851. The van der Waals surface area contributed by atoms with Crippen LogP contribution >= 0.6 is 0 Å². The fourth-order valence-electron chi connectivity index (χ4n) is 1.89. The van der Waals surface area contributed by atoms with Crippen LogP contribution in [0, 0.1) is 6.92 Å². The van der Waals surface area contributed by atoms with Gasteiger partial charge in [0.15, 0.2) is 0 Å². The predicted octanol–water partition coefficient (Wildman–Crippen LogP) is 2.40. The van der Waals surface area contributed by atoms with Gasteiger partial charge in [-0.2, -0.15) is 0 Å². The van der Waals surface area contributed by atoms with Crippen molar-refractivity contribution >= 4 is 26.2 Å². The third-order valence-electron chi connectivity index (χ3n) is 2.91. The SMILES string of the molecule is Cc1ccc(/C=C/C(=[Se])N2CCCC2)cc1. The number of nitrogens with zero attached hydrogens (tertiary/aromatic N) is 1. The van der Waals surface area contributed by atoms with E-state index in [0.717, 1.165) is 0 Å². The summed E-state index contributed by atoms with van der Waals surface area (Å²) in [6.45, 7) is 4.50. The molecule has 0 aliphatic carbocycles. The van der Waals surface area contributed by atoms with E-state index in [1.807, 2.05) is 0 Å². The van der Waals surface area contributed by atoms with Crippen molar-refractivity contribution in [3.05, 3.63) is 41.5 Å². The molecule has 1 saturated heterocycles. The Morgan fingerprint density at radius 3 is 2.44 bits per heavy atom. The van der Waals surface area contributed by atoms with Gasteiger partial charge in [0.1, 0.15) is 0 Å². The van der Waals surface area contributed by atoms with Gasteiger partial charge in [-0.15, -0.1) is 0 Å². The van der Waals surface area contributed by atoms with Crippen molar-refractivity contribution in [3.8, 4) is 0 Å². The Morgan fingerprint density at radius 1 is 1.19 bits per heavy atom. The van der Waals surface area contributed by atoms with Crippen molar-refractivity contribution < 1.29 is 0 Å². The fraction of sp³-hybridized carbons (Fsp3) is 0.357. The summed E-state index contributed by atoms with van der Waals surface area (Å²) in [5, 5.41) is 0. The number of hydrogen-bond acceptors (Lipinski definition) is 1. The molecule has 16 heavy (non-hydrogen) atoms. The molecule has 1 aliphatic rings. The maximum absolute atomic E-state index is 3.16. The number of benzene rings is 1. The quantitative estimate of drug-likeness (QED) is 0.767. The predicted molar refractivity (Wildman–Crippen MR) is 71.8 cm³/mol. The van der Waals surface area contributed by atoms with Crippen molar-refractivity contribution in [2.45, 2.75) is 19.8 Å². The molecule has 84 valence electrons. The summed E-state index contributed by atoms with van der Waals surface area (Å²) in [5.74, 6) is 0. The van der Waals surface area contributed by atoms with Gasteiger partial charge < -0.3 is 0 Å². The molecule has 0 unspecified atom stereocenters. The van der Waals surface area contributed by atoms with Gasteiger partial charge in [-0.25, -0.2) is 0 Å². The number of likely N-dealkylation sites (tertiary alicyclic amines) is 1. The molecular formula is C14H17NSe. The molecule has 0 bridgehead atoms. The molecule has 1 heterocycles. The van der Waals surface area contributed by atoms with E-state index in [0.29, 0.717) is 0 Å². The summed E-state index contributed by atoms with van der Waals surface area (Å²) in [4.78, 5) is 2.41. The Kier molecular flexibility index (Phi) is 3.98. The zero-order valence-corrected chi connectivity index (χ0v) is 11.4. The summed E-state index contributed by atoms with van der Waals surface area (Å²) in [5.41, 5.74) is 2.57. The van der Waals surface area contributed by atoms with Crippen LogP contribution in [-0.2, 0) is 0 Å². The molecule has 0 aromatic heterocycles. The van der Waals surface area contributed by atoms with E-state index in [1.165, 1.54) is 41.6 Å². The molecule has 2 heteroatoms. The van der Waals surface area contributed by atoms with Crippen LogP contribution in [0.25, 0.3) is 6.08 Å². The van der Waals surface area contributed by atoms with Gasteiger partial charge in [0.05, 0.1) is 0 Å². The molecule has 0 amide bonds. The number of hydrogen-bond donors (Lipinski definition) is 0. The van der Waals surface area contributed by atoms with E-state index in [-0.39, 0.29) is 0 Å². The molecule has 0 spiro atoms. The van der Waals surface area contributed by atoms with Crippen LogP contribution in [0.5, 0.6) is 0 Å². The van der Waals surface area contributed by atoms with Crippen molar-refractivity contribution in [2.75, 3.05) is 13.1 Å². The second-order valence-corrected chi connectivity index (χ2v) is 5.15. The van der Waals surface area contributed by atoms with E-state index in [4.69, 9.17) is 0 Å². The first-order valence-electron chi connectivity index (χ1n) is 5.79. The summed E-state index contributed by atoms with van der Waals surface area (Å²) in [6.07, 6.45) is 6.99. The topological polar surface area (TPSA) is 3.24 Å². The Balaban J connectivity index is 1.97. The minimum atomic E-state index is 1.20. The van der Waals surface area contributed by atoms with E-state index < -0.39 is 0 Å². The average molecular weight is 278 g/mol. The first-order valence-corrected chi connectivity index (χ1v) is 6.65. The van der Waals surface area contributed by atoms with Crippen LogP contribution in [-0.4, -0.2) is 38.1 Å². The maximum atomic E-state index is 3.16. The van der Waals surface area contributed by atoms with E-state index >= 15 is 0 Å². The standard InChI is InChI=1S/C14H17NSe/c1-12-4-6-13(7-5-12)8-9-14(16)15-10-2-3-11-15/h4-9H,2-3,10-11H2,1H3/b9-8+. The second-order valence-electron chi connectivity index (χ2n) is 4.28. The molecule has 1 aliphatic heterocycles. The zero-order chi connectivity index (χ0) is 11.4. The first-order chi connectivity index (χ1) is 7.75. The molecule has 1 aromatic rings.